The van der Waals surface area contributed by atoms with Gasteiger partial charge in [0.2, 0.25) is 11.7 Å². The van der Waals surface area contributed by atoms with Crippen molar-refractivity contribution in [1.82, 2.24) is 15.0 Å². The molecule has 1 aromatic carbocycles. The highest BCUT2D eigenvalue weighted by atomic mass is 32.2. The molecule has 148 valence electrons. The largest absolute Gasteiger partial charge is 0.409 e. The molecule has 0 aliphatic rings. The number of aromatic nitrogens is 2. The minimum atomic E-state index is -2.80. The molecule has 1 heterocycles. The van der Waals surface area contributed by atoms with E-state index in [1.54, 1.807) is 12.1 Å². The van der Waals surface area contributed by atoms with E-state index in [1.807, 2.05) is 13.0 Å². The normalized spacial score (nSPS) is 13.4. The van der Waals surface area contributed by atoms with Crippen LogP contribution in [0, 0.1) is 17.1 Å². The zero-order valence-corrected chi connectivity index (χ0v) is 16.3. The van der Waals surface area contributed by atoms with Gasteiger partial charge in [-0.15, -0.1) is 6.42 Å². The Labute approximate surface area is 163 Å². The molecule has 28 heavy (non-hydrogen) atoms. The molecule has 1 aromatic heterocycles. The summed E-state index contributed by atoms with van der Waals surface area (Å²) in [5.41, 5.74) is 3.02. The van der Waals surface area contributed by atoms with E-state index in [1.165, 1.54) is 6.26 Å². The topological polar surface area (TPSA) is 149 Å². The minimum Gasteiger partial charge on any atom is -0.409 e. The number of rotatable bonds is 8. The molecule has 5 N–H and O–H groups in total. The molecule has 0 bridgehead atoms. The summed E-state index contributed by atoms with van der Waals surface area (Å²) in [4.78, 5) is 0. The third-order valence-corrected chi connectivity index (χ3v) is 4.26. The summed E-state index contributed by atoms with van der Waals surface area (Å²) in [5.74, 6) is 2.80. The molecule has 0 aliphatic heterocycles. The molecule has 0 saturated carbocycles. The van der Waals surface area contributed by atoms with Crippen molar-refractivity contribution < 1.29 is 14.0 Å². The highest BCUT2D eigenvalue weighted by Gasteiger charge is 2.18. The molecule has 10 nitrogen and oxygen atoms in total. The number of anilines is 2. The average molecular weight is 403 g/mol. The fourth-order valence-electron chi connectivity index (χ4n) is 2.27. The van der Waals surface area contributed by atoms with Crippen molar-refractivity contribution in [2.24, 2.45) is 5.16 Å². The highest BCUT2D eigenvalue weighted by molar-refractivity contribution is 7.89. The van der Waals surface area contributed by atoms with E-state index in [4.69, 9.17) is 15.8 Å². The number of terminal acetylenes is 1. The van der Waals surface area contributed by atoms with Crippen molar-refractivity contribution in [3.05, 3.63) is 41.6 Å². The van der Waals surface area contributed by atoms with Crippen LogP contribution in [-0.4, -0.2) is 44.9 Å². The Balaban J connectivity index is 2.14. The molecule has 1 unspecified atom stereocenters. The van der Waals surface area contributed by atoms with Crippen LogP contribution in [0.25, 0.3) is 5.57 Å². The monoisotopic (exact) mass is 403 g/mol. The van der Waals surface area contributed by atoms with Gasteiger partial charge in [-0.05, 0) is 40.5 Å². The second kappa shape index (κ2) is 9.03. The van der Waals surface area contributed by atoms with E-state index >= 15 is 0 Å². The van der Waals surface area contributed by atoms with Gasteiger partial charge in [0.1, 0.15) is 9.92 Å². The third-order valence-electron chi connectivity index (χ3n) is 3.51. The van der Waals surface area contributed by atoms with Crippen LogP contribution in [0.5, 0.6) is 0 Å². The molecule has 0 fully saturated rings. The number of hydrogen-bond acceptors (Lipinski definition) is 8. The van der Waals surface area contributed by atoms with Gasteiger partial charge in [-0.25, -0.2) is 18.3 Å². The maximum Gasteiger partial charge on any atom is 0.203 e. The minimum absolute atomic E-state index is 0.0115. The summed E-state index contributed by atoms with van der Waals surface area (Å²) in [7, 11) is -2.80. The maximum absolute atomic E-state index is 11.3. The van der Waals surface area contributed by atoms with Crippen molar-refractivity contribution in [2.45, 2.75) is 6.92 Å². The van der Waals surface area contributed by atoms with Gasteiger partial charge in [0.05, 0.1) is 0 Å². The van der Waals surface area contributed by atoms with Gasteiger partial charge in [-0.3, -0.25) is 0 Å². The summed E-state index contributed by atoms with van der Waals surface area (Å²) in [6.07, 6.45) is 6.83. The van der Waals surface area contributed by atoms with Crippen molar-refractivity contribution >= 4 is 32.8 Å². The zero-order chi connectivity index (χ0) is 20.7. The van der Waals surface area contributed by atoms with Crippen LogP contribution in [0.1, 0.15) is 23.7 Å². The molecule has 2 aromatic rings. The molecule has 1 atom stereocenters. The van der Waals surface area contributed by atoms with Gasteiger partial charge in [0.25, 0.3) is 0 Å². The van der Waals surface area contributed by atoms with Crippen molar-refractivity contribution in [3.8, 4) is 12.3 Å². The van der Waals surface area contributed by atoms with E-state index in [9.17, 15) is 9.42 Å². The average Bonchev–Trinajstić information content (AvgIpc) is 3.10. The molecule has 2 rings (SSSR count). The number of benzene rings is 1. The van der Waals surface area contributed by atoms with E-state index in [0.717, 1.165) is 11.1 Å². The summed E-state index contributed by atoms with van der Waals surface area (Å²) in [6.45, 7) is 6.28. The standard InChI is InChI=1S/C17H21N7O3S/c1-5-12-10-13(6-7-14(12)11(2)3)21-17(22-25)15-16(24-27-23-15)19-8-9-20-28(4,18)26/h1,6-7,10,25H,2,8-9H2,3-4H3,(H,19,24)(H,21,22)(H2,18,20,26). The molecular weight excluding hydrogens is 382 g/mol. The van der Waals surface area contributed by atoms with Crippen LogP contribution in [-0.2, 0) is 9.92 Å². The number of nitrogens with zero attached hydrogens (tertiary/aromatic N) is 3. The summed E-state index contributed by atoms with van der Waals surface area (Å²) in [6, 6.07) is 5.28. The molecule has 0 aliphatic carbocycles. The molecule has 0 spiro atoms. The Bertz CT molecular complexity index is 1040. The number of oxime groups is 1. The van der Waals surface area contributed by atoms with Crippen LogP contribution < -0.4 is 15.4 Å². The Morgan fingerprint density at radius 1 is 1.46 bits per heavy atom. The van der Waals surface area contributed by atoms with Crippen LogP contribution in [0.4, 0.5) is 11.5 Å². The Morgan fingerprint density at radius 3 is 2.82 bits per heavy atom. The summed E-state index contributed by atoms with van der Waals surface area (Å²) in [5, 5.41) is 25.8. The molecule has 11 heteroatoms. The molecule has 0 saturated heterocycles. The van der Waals surface area contributed by atoms with Crippen LogP contribution >= 0.6 is 0 Å². The number of allylic oxidation sites excluding steroid dienone is 1. The lowest BCUT2D eigenvalue weighted by Crippen LogP contribution is -2.27. The fourth-order valence-corrected chi connectivity index (χ4v) is 2.76. The van der Waals surface area contributed by atoms with E-state index in [0.29, 0.717) is 11.3 Å². The predicted octanol–water partition coefficient (Wildman–Crippen LogP) is 1.92. The number of nitrogens with one attached hydrogen (secondary N) is 4. The quantitative estimate of drug-likeness (QED) is 0.113. The fraction of sp³-hybridized carbons (Fsp3) is 0.235. The lowest BCUT2D eigenvalue weighted by molar-refractivity contribution is 0.305. The van der Waals surface area contributed by atoms with E-state index in [-0.39, 0.29) is 30.4 Å². The second-order valence-corrected chi connectivity index (χ2v) is 7.86. The van der Waals surface area contributed by atoms with E-state index < -0.39 is 9.92 Å². The van der Waals surface area contributed by atoms with Crippen molar-refractivity contribution in [1.29, 1.82) is 4.78 Å². The first-order valence-electron chi connectivity index (χ1n) is 8.06. The smallest absolute Gasteiger partial charge is 0.203 e. The zero-order valence-electron chi connectivity index (χ0n) is 15.4. The highest BCUT2D eigenvalue weighted by Crippen LogP contribution is 2.22. The first kappa shape index (κ1) is 20.9. The second-order valence-electron chi connectivity index (χ2n) is 5.88. The maximum atomic E-state index is 11.3. The van der Waals surface area contributed by atoms with Gasteiger partial charge in [0, 0.05) is 30.6 Å². The predicted molar refractivity (Wildman–Crippen MR) is 109 cm³/mol. The van der Waals surface area contributed by atoms with Gasteiger partial charge < -0.3 is 15.8 Å². The van der Waals surface area contributed by atoms with Gasteiger partial charge >= 0.3 is 0 Å². The Hall–Kier alpha value is -3.36. The third kappa shape index (κ3) is 5.57. The van der Waals surface area contributed by atoms with Gasteiger partial charge in [-0.2, -0.15) is 0 Å². The number of amidine groups is 1. The van der Waals surface area contributed by atoms with E-state index in [2.05, 4.69) is 43.3 Å². The lowest BCUT2D eigenvalue weighted by Gasteiger charge is -2.11. The lowest BCUT2D eigenvalue weighted by atomic mass is 10.0. The summed E-state index contributed by atoms with van der Waals surface area (Å²) < 4.78 is 25.8. The molecular formula is C17H21N7O3S. The van der Waals surface area contributed by atoms with Crippen molar-refractivity contribution in [3.63, 3.8) is 0 Å². The van der Waals surface area contributed by atoms with Crippen LogP contribution in [0.2, 0.25) is 0 Å². The first-order chi connectivity index (χ1) is 13.2. The van der Waals surface area contributed by atoms with Gasteiger partial charge in [-0.1, -0.05) is 23.7 Å². The Morgan fingerprint density at radius 2 is 2.21 bits per heavy atom. The molecule has 0 amide bonds. The SMILES string of the molecule is C#Cc1cc(N/C(=N\O)c2nonc2NCCNS(C)(=N)=O)ccc1C(=C)C. The Kier molecular flexibility index (Phi) is 6.75. The number of hydrogen-bond donors (Lipinski definition) is 5. The van der Waals surface area contributed by atoms with Crippen LogP contribution in [0.3, 0.4) is 0 Å². The first-order valence-corrected chi connectivity index (χ1v) is 10.0. The van der Waals surface area contributed by atoms with Crippen molar-refractivity contribution in [2.75, 3.05) is 30.0 Å². The summed E-state index contributed by atoms with van der Waals surface area (Å²) >= 11 is 0. The molecule has 0 radical (unpaired) electrons. The van der Waals surface area contributed by atoms with Crippen LogP contribution in [0.15, 0.2) is 34.6 Å². The van der Waals surface area contributed by atoms with Gasteiger partial charge in [0.15, 0.2) is 5.69 Å².